The van der Waals surface area contributed by atoms with Gasteiger partial charge >= 0.3 is 6.01 Å². The van der Waals surface area contributed by atoms with E-state index in [1.54, 1.807) is 0 Å². The predicted molar refractivity (Wildman–Crippen MR) is 54.9 cm³/mol. The number of ether oxygens (including phenoxy) is 1. The number of rotatable bonds is 5. The van der Waals surface area contributed by atoms with Crippen molar-refractivity contribution >= 4 is 11.6 Å². The molecule has 5 nitrogen and oxygen atoms in total. The second-order valence-corrected chi connectivity index (χ2v) is 3.21. The molecule has 0 fully saturated rings. The molecular weight excluding hydrogens is 220 g/mol. The van der Waals surface area contributed by atoms with Gasteiger partial charge in [0.1, 0.15) is 6.10 Å². The standard InChI is InChI=1S/C9H13ClN2O3/c1-2-15-9-11-4-6(5-12-9)8(14)7(13)3-10/h4-5,7-8,13-14H,2-3H2,1H3. The van der Waals surface area contributed by atoms with Crippen molar-refractivity contribution in [2.45, 2.75) is 19.1 Å². The van der Waals surface area contributed by atoms with Crippen molar-refractivity contribution in [3.8, 4) is 6.01 Å². The van der Waals surface area contributed by atoms with Crippen LogP contribution in [0.15, 0.2) is 12.4 Å². The minimum atomic E-state index is -1.07. The van der Waals surface area contributed by atoms with E-state index in [4.69, 9.17) is 16.3 Å². The van der Waals surface area contributed by atoms with E-state index in [1.165, 1.54) is 12.4 Å². The van der Waals surface area contributed by atoms with E-state index in [2.05, 4.69) is 9.97 Å². The summed E-state index contributed by atoms with van der Waals surface area (Å²) in [5.74, 6) is -0.0472. The van der Waals surface area contributed by atoms with E-state index in [-0.39, 0.29) is 11.9 Å². The third-order valence-corrected chi connectivity index (χ3v) is 2.10. The number of nitrogens with zero attached hydrogens (tertiary/aromatic N) is 2. The van der Waals surface area contributed by atoms with Crippen molar-refractivity contribution in [1.82, 2.24) is 9.97 Å². The maximum atomic E-state index is 9.55. The Morgan fingerprint density at radius 3 is 2.47 bits per heavy atom. The molecule has 15 heavy (non-hydrogen) atoms. The molecule has 1 heterocycles. The summed E-state index contributed by atoms with van der Waals surface area (Å²) in [6.07, 6.45) is 0.711. The average Bonchev–Trinajstić information content (AvgIpc) is 2.28. The molecular formula is C9H13ClN2O3. The molecule has 84 valence electrons. The Hall–Kier alpha value is -0.910. The van der Waals surface area contributed by atoms with Crippen LogP contribution in [-0.2, 0) is 0 Å². The molecule has 0 spiro atoms. The maximum absolute atomic E-state index is 9.55. The molecule has 0 aliphatic rings. The van der Waals surface area contributed by atoms with Crippen molar-refractivity contribution in [3.63, 3.8) is 0 Å². The fourth-order valence-electron chi connectivity index (χ4n) is 0.989. The van der Waals surface area contributed by atoms with E-state index in [1.807, 2.05) is 6.92 Å². The van der Waals surface area contributed by atoms with E-state index in [0.29, 0.717) is 12.2 Å². The van der Waals surface area contributed by atoms with Gasteiger partial charge < -0.3 is 14.9 Å². The summed E-state index contributed by atoms with van der Waals surface area (Å²) < 4.78 is 5.03. The largest absolute Gasteiger partial charge is 0.464 e. The molecule has 0 saturated carbocycles. The molecule has 2 atom stereocenters. The molecule has 0 saturated heterocycles. The quantitative estimate of drug-likeness (QED) is 0.724. The van der Waals surface area contributed by atoms with Crippen LogP contribution in [0.1, 0.15) is 18.6 Å². The number of halogens is 1. The molecule has 1 rings (SSSR count). The Labute approximate surface area is 92.7 Å². The lowest BCUT2D eigenvalue weighted by molar-refractivity contribution is 0.0321. The lowest BCUT2D eigenvalue weighted by Gasteiger charge is -2.14. The molecule has 0 aliphatic heterocycles. The summed E-state index contributed by atoms with van der Waals surface area (Å²) in [6.45, 7) is 2.30. The van der Waals surface area contributed by atoms with E-state index in [0.717, 1.165) is 0 Å². The highest BCUT2D eigenvalue weighted by molar-refractivity contribution is 6.18. The lowest BCUT2D eigenvalue weighted by Crippen LogP contribution is -2.20. The molecule has 1 aromatic rings. The summed E-state index contributed by atoms with van der Waals surface area (Å²) in [5, 5.41) is 18.8. The van der Waals surface area contributed by atoms with Gasteiger partial charge in [-0.25, -0.2) is 9.97 Å². The van der Waals surface area contributed by atoms with Gasteiger partial charge in [0.05, 0.1) is 18.6 Å². The van der Waals surface area contributed by atoms with Gasteiger partial charge in [0.15, 0.2) is 0 Å². The molecule has 1 aromatic heterocycles. The molecule has 6 heteroatoms. The number of hydrogen-bond donors (Lipinski definition) is 2. The zero-order valence-corrected chi connectivity index (χ0v) is 9.05. The summed E-state index contributed by atoms with van der Waals surface area (Å²) in [7, 11) is 0. The third kappa shape index (κ3) is 3.30. The summed E-state index contributed by atoms with van der Waals surface area (Å²) >= 11 is 5.40. The predicted octanol–water partition coefficient (Wildman–Crippen LogP) is 0.508. The zero-order chi connectivity index (χ0) is 11.3. The minimum absolute atomic E-state index is 0.0472. The van der Waals surface area contributed by atoms with Gasteiger partial charge in [0.25, 0.3) is 0 Å². The fourth-order valence-corrected chi connectivity index (χ4v) is 1.16. The van der Waals surface area contributed by atoms with Gasteiger partial charge in [-0.1, -0.05) is 0 Å². The van der Waals surface area contributed by atoms with E-state index in [9.17, 15) is 10.2 Å². The van der Waals surface area contributed by atoms with Crippen molar-refractivity contribution in [1.29, 1.82) is 0 Å². The van der Waals surface area contributed by atoms with Gasteiger partial charge in [-0.2, -0.15) is 0 Å². The highest BCUT2D eigenvalue weighted by Gasteiger charge is 2.18. The Kier molecular flexibility index (Phi) is 4.74. The third-order valence-electron chi connectivity index (χ3n) is 1.79. The number of aliphatic hydroxyl groups is 2. The smallest absolute Gasteiger partial charge is 0.316 e. The number of aliphatic hydroxyl groups excluding tert-OH is 2. The molecule has 0 aromatic carbocycles. The van der Waals surface area contributed by atoms with Crippen LogP contribution >= 0.6 is 11.6 Å². The van der Waals surface area contributed by atoms with Gasteiger partial charge in [-0.15, -0.1) is 11.6 Å². The summed E-state index contributed by atoms with van der Waals surface area (Å²) in [5.41, 5.74) is 0.409. The van der Waals surface area contributed by atoms with Crippen LogP contribution in [0.5, 0.6) is 6.01 Å². The molecule has 0 aliphatic carbocycles. The molecule has 0 bridgehead atoms. The Morgan fingerprint density at radius 1 is 1.40 bits per heavy atom. The molecule has 0 radical (unpaired) electrons. The van der Waals surface area contributed by atoms with Crippen molar-refractivity contribution in [2.75, 3.05) is 12.5 Å². The van der Waals surface area contributed by atoms with Crippen LogP contribution in [0.25, 0.3) is 0 Å². The summed E-state index contributed by atoms with van der Waals surface area (Å²) in [4.78, 5) is 7.72. The lowest BCUT2D eigenvalue weighted by atomic mass is 10.1. The SMILES string of the molecule is CCOc1ncc(C(O)C(O)CCl)cn1. The zero-order valence-electron chi connectivity index (χ0n) is 8.30. The normalized spacial score (nSPS) is 14.7. The summed E-state index contributed by atoms with van der Waals surface area (Å²) in [6, 6.07) is 0.244. The van der Waals surface area contributed by atoms with Crippen LogP contribution in [0.2, 0.25) is 0 Å². The van der Waals surface area contributed by atoms with Crippen LogP contribution in [0.4, 0.5) is 0 Å². The first-order valence-electron chi connectivity index (χ1n) is 4.55. The minimum Gasteiger partial charge on any atom is -0.464 e. The molecule has 0 amide bonds. The first kappa shape index (κ1) is 12.2. The van der Waals surface area contributed by atoms with Gasteiger partial charge in [-0.3, -0.25) is 0 Å². The average molecular weight is 233 g/mol. The fraction of sp³-hybridized carbons (Fsp3) is 0.556. The number of aromatic nitrogens is 2. The van der Waals surface area contributed by atoms with Crippen molar-refractivity contribution in [2.24, 2.45) is 0 Å². The van der Waals surface area contributed by atoms with Crippen molar-refractivity contribution in [3.05, 3.63) is 18.0 Å². The van der Waals surface area contributed by atoms with Crippen LogP contribution in [0.3, 0.4) is 0 Å². The highest BCUT2D eigenvalue weighted by atomic mass is 35.5. The maximum Gasteiger partial charge on any atom is 0.316 e. The van der Waals surface area contributed by atoms with E-state index < -0.39 is 12.2 Å². The van der Waals surface area contributed by atoms with Crippen LogP contribution in [-0.4, -0.2) is 38.8 Å². The molecule has 2 unspecified atom stereocenters. The molecule has 2 N–H and O–H groups in total. The topological polar surface area (TPSA) is 75.5 Å². The van der Waals surface area contributed by atoms with Crippen molar-refractivity contribution < 1.29 is 14.9 Å². The second-order valence-electron chi connectivity index (χ2n) is 2.90. The Balaban J connectivity index is 2.70. The van der Waals surface area contributed by atoms with E-state index >= 15 is 0 Å². The monoisotopic (exact) mass is 232 g/mol. The van der Waals surface area contributed by atoms with Gasteiger partial charge in [0, 0.05) is 18.0 Å². The number of alkyl halides is 1. The Bertz CT molecular complexity index is 294. The van der Waals surface area contributed by atoms with Crippen LogP contribution in [0, 0.1) is 0 Å². The second kappa shape index (κ2) is 5.85. The highest BCUT2D eigenvalue weighted by Crippen LogP contribution is 2.16. The van der Waals surface area contributed by atoms with Gasteiger partial charge in [-0.05, 0) is 6.92 Å². The van der Waals surface area contributed by atoms with Gasteiger partial charge in [0.2, 0.25) is 0 Å². The van der Waals surface area contributed by atoms with Crippen LogP contribution < -0.4 is 4.74 Å². The first-order chi connectivity index (χ1) is 7.19. The Morgan fingerprint density at radius 2 is 2.00 bits per heavy atom. The number of hydrogen-bond acceptors (Lipinski definition) is 5. The first-order valence-corrected chi connectivity index (χ1v) is 5.09.